The fourth-order valence-electron chi connectivity index (χ4n) is 3.11. The fraction of sp³-hybridized carbons (Fsp3) is 0.250. The zero-order valence-corrected chi connectivity index (χ0v) is 18.4. The number of nitrogens with one attached hydrogen (secondary N) is 1. The van der Waals surface area contributed by atoms with E-state index in [9.17, 15) is 19.2 Å². The molecule has 0 atom stereocenters. The van der Waals surface area contributed by atoms with Gasteiger partial charge in [-0.3, -0.25) is 4.79 Å². The van der Waals surface area contributed by atoms with Gasteiger partial charge in [-0.05, 0) is 56.7 Å². The standard InChI is InChI=1S/C24H23NO8/c1-4-30-23(28)15-9-16(24(29)31-5-2)11-17(10-15)25-21(26)13-32-18-6-7-19-14(3)8-22(27)33-20(19)12-18/h6-12H,4-5,13H2,1-3H3,(H,25,26). The van der Waals surface area contributed by atoms with Gasteiger partial charge in [0.25, 0.3) is 5.91 Å². The molecule has 2 aromatic carbocycles. The highest BCUT2D eigenvalue weighted by Crippen LogP contribution is 2.22. The first-order chi connectivity index (χ1) is 15.8. The summed E-state index contributed by atoms with van der Waals surface area (Å²) in [6.45, 7) is 5.06. The average Bonchev–Trinajstić information content (AvgIpc) is 2.77. The molecule has 1 heterocycles. The highest BCUT2D eigenvalue weighted by Gasteiger charge is 2.16. The highest BCUT2D eigenvalue weighted by molar-refractivity contribution is 5.99. The van der Waals surface area contributed by atoms with Gasteiger partial charge < -0.3 is 23.9 Å². The Kier molecular flexibility index (Phi) is 7.45. The number of aryl methyl sites for hydroxylation is 1. The molecule has 1 N–H and O–H groups in total. The van der Waals surface area contributed by atoms with Crippen molar-refractivity contribution in [3.8, 4) is 5.75 Å². The summed E-state index contributed by atoms with van der Waals surface area (Å²) < 4.78 is 20.6. The summed E-state index contributed by atoms with van der Waals surface area (Å²) in [4.78, 5) is 48.3. The third-order valence-electron chi connectivity index (χ3n) is 4.53. The number of benzene rings is 2. The van der Waals surface area contributed by atoms with E-state index in [1.54, 1.807) is 32.9 Å². The lowest BCUT2D eigenvalue weighted by Crippen LogP contribution is -2.21. The van der Waals surface area contributed by atoms with Crippen LogP contribution in [-0.4, -0.2) is 37.7 Å². The summed E-state index contributed by atoms with van der Waals surface area (Å²) in [5.74, 6) is -1.47. The zero-order chi connectivity index (χ0) is 24.0. The van der Waals surface area contributed by atoms with Gasteiger partial charge in [0.2, 0.25) is 0 Å². The summed E-state index contributed by atoms with van der Waals surface area (Å²) in [5, 5.41) is 3.35. The van der Waals surface area contributed by atoms with Crippen molar-refractivity contribution in [3.05, 3.63) is 69.6 Å². The van der Waals surface area contributed by atoms with Gasteiger partial charge in [0, 0.05) is 23.2 Å². The Balaban J connectivity index is 1.75. The van der Waals surface area contributed by atoms with Gasteiger partial charge in [0.05, 0.1) is 24.3 Å². The topological polar surface area (TPSA) is 121 Å². The summed E-state index contributed by atoms with van der Waals surface area (Å²) in [7, 11) is 0. The zero-order valence-electron chi connectivity index (χ0n) is 18.4. The maximum absolute atomic E-state index is 12.4. The average molecular weight is 453 g/mol. The number of rotatable bonds is 8. The van der Waals surface area contributed by atoms with Crippen molar-refractivity contribution in [2.75, 3.05) is 25.1 Å². The number of carbonyl (C=O) groups is 3. The number of hydrogen-bond acceptors (Lipinski definition) is 8. The predicted octanol–water partition coefficient (Wildman–Crippen LogP) is 3.47. The molecule has 0 aliphatic carbocycles. The van der Waals surface area contributed by atoms with Crippen LogP contribution in [0.4, 0.5) is 5.69 Å². The lowest BCUT2D eigenvalue weighted by Gasteiger charge is -2.11. The first-order valence-electron chi connectivity index (χ1n) is 10.3. The molecule has 0 aliphatic heterocycles. The lowest BCUT2D eigenvalue weighted by molar-refractivity contribution is -0.118. The summed E-state index contributed by atoms with van der Waals surface area (Å²) >= 11 is 0. The van der Waals surface area contributed by atoms with E-state index in [0.29, 0.717) is 11.3 Å². The van der Waals surface area contributed by atoms with Crippen molar-refractivity contribution < 1.29 is 33.0 Å². The minimum atomic E-state index is -0.636. The molecule has 0 unspecified atom stereocenters. The SMILES string of the molecule is CCOC(=O)c1cc(NC(=O)COc2ccc3c(C)cc(=O)oc3c2)cc(C(=O)OCC)c1. The number of carbonyl (C=O) groups excluding carboxylic acids is 3. The molecule has 0 spiro atoms. The molecule has 1 amide bonds. The molecule has 0 saturated carbocycles. The first-order valence-corrected chi connectivity index (χ1v) is 10.3. The molecular formula is C24H23NO8. The Hall–Kier alpha value is -4.14. The maximum Gasteiger partial charge on any atom is 0.338 e. The Bertz CT molecular complexity index is 1220. The maximum atomic E-state index is 12.4. The smallest absolute Gasteiger partial charge is 0.338 e. The van der Waals surface area contributed by atoms with Crippen molar-refractivity contribution in [2.45, 2.75) is 20.8 Å². The van der Waals surface area contributed by atoms with Crippen LogP contribution in [0.25, 0.3) is 11.0 Å². The van der Waals surface area contributed by atoms with Gasteiger partial charge in [0.1, 0.15) is 11.3 Å². The van der Waals surface area contributed by atoms with Crippen molar-refractivity contribution >= 4 is 34.5 Å². The Morgan fingerprint density at radius 1 is 0.909 bits per heavy atom. The Labute approximate surface area is 189 Å². The van der Waals surface area contributed by atoms with Crippen LogP contribution >= 0.6 is 0 Å². The predicted molar refractivity (Wildman–Crippen MR) is 120 cm³/mol. The van der Waals surface area contributed by atoms with Crippen molar-refractivity contribution in [3.63, 3.8) is 0 Å². The largest absolute Gasteiger partial charge is 0.484 e. The second-order valence-corrected chi connectivity index (χ2v) is 6.98. The number of esters is 2. The quantitative estimate of drug-likeness (QED) is 0.407. The van der Waals surface area contributed by atoms with Crippen LogP contribution in [-0.2, 0) is 14.3 Å². The van der Waals surface area contributed by atoms with Crippen molar-refractivity contribution in [2.24, 2.45) is 0 Å². The van der Waals surface area contributed by atoms with E-state index >= 15 is 0 Å². The van der Waals surface area contributed by atoms with Crippen LogP contribution in [0.3, 0.4) is 0 Å². The fourth-order valence-corrected chi connectivity index (χ4v) is 3.11. The van der Waals surface area contributed by atoms with Crippen LogP contribution in [0.5, 0.6) is 5.75 Å². The third kappa shape index (κ3) is 5.97. The molecule has 3 aromatic rings. The molecule has 0 saturated heterocycles. The molecule has 3 rings (SSSR count). The summed E-state index contributed by atoms with van der Waals surface area (Å²) in [6.07, 6.45) is 0. The van der Waals surface area contributed by atoms with Crippen LogP contribution in [0, 0.1) is 6.92 Å². The minimum absolute atomic E-state index is 0.0959. The number of hydrogen-bond donors (Lipinski definition) is 1. The van der Waals surface area contributed by atoms with Crippen molar-refractivity contribution in [1.29, 1.82) is 0 Å². The van der Waals surface area contributed by atoms with Crippen LogP contribution in [0.15, 0.2) is 51.7 Å². The van der Waals surface area contributed by atoms with Crippen LogP contribution in [0.2, 0.25) is 0 Å². The van der Waals surface area contributed by atoms with Crippen LogP contribution < -0.4 is 15.7 Å². The summed E-state index contributed by atoms with van der Waals surface area (Å²) in [6, 6.07) is 10.4. The summed E-state index contributed by atoms with van der Waals surface area (Å²) in [5.41, 5.74) is 1.03. The Morgan fingerprint density at radius 3 is 2.15 bits per heavy atom. The van der Waals surface area contributed by atoms with E-state index in [4.69, 9.17) is 18.6 Å². The molecule has 9 heteroatoms. The molecule has 33 heavy (non-hydrogen) atoms. The number of amides is 1. The van der Waals surface area contributed by atoms with E-state index in [-0.39, 0.29) is 36.6 Å². The monoisotopic (exact) mass is 453 g/mol. The van der Waals surface area contributed by atoms with Gasteiger partial charge in [-0.15, -0.1) is 0 Å². The molecule has 0 radical (unpaired) electrons. The molecule has 9 nitrogen and oxygen atoms in total. The van der Waals surface area contributed by atoms with E-state index in [0.717, 1.165) is 10.9 Å². The van der Waals surface area contributed by atoms with E-state index < -0.39 is 23.5 Å². The van der Waals surface area contributed by atoms with E-state index in [1.807, 2.05) is 0 Å². The van der Waals surface area contributed by atoms with Gasteiger partial charge in [-0.2, -0.15) is 0 Å². The van der Waals surface area contributed by atoms with E-state index in [1.165, 1.54) is 30.3 Å². The lowest BCUT2D eigenvalue weighted by atomic mass is 10.1. The van der Waals surface area contributed by atoms with Gasteiger partial charge in [0.15, 0.2) is 6.61 Å². The number of ether oxygens (including phenoxy) is 3. The first kappa shape index (κ1) is 23.5. The molecule has 172 valence electrons. The van der Waals surface area contributed by atoms with Crippen LogP contribution in [0.1, 0.15) is 40.1 Å². The van der Waals surface area contributed by atoms with E-state index in [2.05, 4.69) is 5.32 Å². The molecule has 0 aliphatic rings. The van der Waals surface area contributed by atoms with Gasteiger partial charge in [-0.1, -0.05) is 0 Å². The van der Waals surface area contributed by atoms with Gasteiger partial charge in [-0.25, -0.2) is 14.4 Å². The Morgan fingerprint density at radius 2 is 1.55 bits per heavy atom. The second-order valence-electron chi connectivity index (χ2n) is 6.98. The molecule has 0 fully saturated rings. The molecule has 1 aromatic heterocycles. The number of anilines is 1. The minimum Gasteiger partial charge on any atom is -0.484 e. The highest BCUT2D eigenvalue weighted by atomic mass is 16.5. The van der Waals surface area contributed by atoms with Crippen molar-refractivity contribution in [1.82, 2.24) is 0 Å². The second kappa shape index (κ2) is 10.4. The molecular weight excluding hydrogens is 430 g/mol. The van der Waals surface area contributed by atoms with Gasteiger partial charge >= 0.3 is 17.6 Å². The third-order valence-corrected chi connectivity index (χ3v) is 4.53. The normalized spacial score (nSPS) is 10.5. The number of fused-ring (bicyclic) bond motifs is 1. The molecule has 0 bridgehead atoms.